The van der Waals surface area contributed by atoms with Gasteiger partial charge in [-0.3, -0.25) is 4.90 Å². The van der Waals surface area contributed by atoms with Crippen molar-refractivity contribution in [3.05, 3.63) is 0 Å². The van der Waals surface area contributed by atoms with Crippen molar-refractivity contribution in [2.45, 2.75) is 63.6 Å². The molecule has 17 heavy (non-hydrogen) atoms. The summed E-state index contributed by atoms with van der Waals surface area (Å²) in [4.78, 5) is 2.51. The van der Waals surface area contributed by atoms with Crippen molar-refractivity contribution in [1.82, 2.24) is 4.90 Å². The zero-order valence-corrected chi connectivity index (χ0v) is 11.4. The van der Waals surface area contributed by atoms with E-state index < -0.39 is 0 Å². The average Bonchev–Trinajstić information content (AvgIpc) is 2.85. The van der Waals surface area contributed by atoms with Crippen molar-refractivity contribution >= 4 is 0 Å². The SMILES string of the molecule is CCCC1CCC(N)C(N(C)C2CCOC2)C1. The molecule has 4 unspecified atom stereocenters. The van der Waals surface area contributed by atoms with Crippen molar-refractivity contribution in [3.63, 3.8) is 0 Å². The number of nitrogens with zero attached hydrogens (tertiary/aromatic N) is 1. The fraction of sp³-hybridized carbons (Fsp3) is 1.00. The number of rotatable bonds is 4. The molecule has 0 bridgehead atoms. The van der Waals surface area contributed by atoms with Gasteiger partial charge in [-0.1, -0.05) is 19.8 Å². The van der Waals surface area contributed by atoms with Gasteiger partial charge >= 0.3 is 0 Å². The lowest BCUT2D eigenvalue weighted by Gasteiger charge is -2.42. The van der Waals surface area contributed by atoms with Crippen molar-refractivity contribution in [1.29, 1.82) is 0 Å². The Labute approximate surface area is 106 Å². The second kappa shape index (κ2) is 6.17. The Hall–Kier alpha value is -0.120. The molecular weight excluding hydrogens is 212 g/mol. The molecule has 100 valence electrons. The van der Waals surface area contributed by atoms with E-state index in [1.807, 2.05) is 0 Å². The number of nitrogens with two attached hydrogens (primary N) is 1. The van der Waals surface area contributed by atoms with Gasteiger partial charge in [-0.25, -0.2) is 0 Å². The van der Waals surface area contributed by atoms with Crippen LogP contribution in [0.5, 0.6) is 0 Å². The highest BCUT2D eigenvalue weighted by atomic mass is 16.5. The lowest BCUT2D eigenvalue weighted by molar-refractivity contribution is 0.0829. The Bertz CT molecular complexity index is 228. The molecule has 0 aromatic heterocycles. The molecule has 1 saturated heterocycles. The highest BCUT2D eigenvalue weighted by Gasteiger charge is 2.34. The van der Waals surface area contributed by atoms with Gasteiger partial charge in [0.1, 0.15) is 0 Å². The number of ether oxygens (including phenoxy) is 1. The largest absolute Gasteiger partial charge is 0.380 e. The second-order valence-electron chi connectivity index (χ2n) is 5.88. The van der Waals surface area contributed by atoms with E-state index in [9.17, 15) is 0 Å². The van der Waals surface area contributed by atoms with Gasteiger partial charge in [0.2, 0.25) is 0 Å². The Kier molecular flexibility index (Phi) is 4.83. The molecule has 1 heterocycles. The van der Waals surface area contributed by atoms with Crippen LogP contribution in [0.4, 0.5) is 0 Å². The molecule has 1 saturated carbocycles. The van der Waals surface area contributed by atoms with Crippen LogP contribution in [0.25, 0.3) is 0 Å². The van der Waals surface area contributed by atoms with Crippen LogP contribution in [0, 0.1) is 5.92 Å². The highest BCUT2D eigenvalue weighted by molar-refractivity contribution is 4.91. The van der Waals surface area contributed by atoms with Gasteiger partial charge in [-0.05, 0) is 38.6 Å². The highest BCUT2D eigenvalue weighted by Crippen LogP contribution is 2.31. The first-order valence-electron chi connectivity index (χ1n) is 7.27. The first-order chi connectivity index (χ1) is 8.22. The van der Waals surface area contributed by atoms with Gasteiger partial charge in [0.25, 0.3) is 0 Å². The van der Waals surface area contributed by atoms with Crippen molar-refractivity contribution in [2.24, 2.45) is 11.7 Å². The standard InChI is InChI=1S/C14H28N2O/c1-3-4-11-5-6-13(15)14(9-11)16(2)12-7-8-17-10-12/h11-14H,3-10,15H2,1-2H3. The molecule has 3 heteroatoms. The van der Waals surface area contributed by atoms with Crippen molar-refractivity contribution in [3.8, 4) is 0 Å². The van der Waals surface area contributed by atoms with Crippen LogP contribution in [-0.2, 0) is 4.74 Å². The quantitative estimate of drug-likeness (QED) is 0.817. The summed E-state index contributed by atoms with van der Waals surface area (Å²) in [6.45, 7) is 4.12. The normalized spacial score (nSPS) is 38.8. The minimum atomic E-state index is 0.369. The molecule has 2 N–H and O–H groups in total. The lowest BCUT2D eigenvalue weighted by Crippen LogP contribution is -2.53. The van der Waals surface area contributed by atoms with Gasteiger partial charge in [0, 0.05) is 24.7 Å². The smallest absolute Gasteiger partial charge is 0.0622 e. The van der Waals surface area contributed by atoms with E-state index in [2.05, 4.69) is 18.9 Å². The minimum absolute atomic E-state index is 0.369. The fourth-order valence-corrected chi connectivity index (χ4v) is 3.51. The summed E-state index contributed by atoms with van der Waals surface area (Å²) in [7, 11) is 2.25. The van der Waals surface area contributed by atoms with Gasteiger partial charge in [-0.15, -0.1) is 0 Å². The van der Waals surface area contributed by atoms with E-state index in [-0.39, 0.29) is 0 Å². The van der Waals surface area contributed by atoms with Crippen molar-refractivity contribution in [2.75, 3.05) is 20.3 Å². The summed E-state index contributed by atoms with van der Waals surface area (Å²) in [5, 5.41) is 0. The first-order valence-corrected chi connectivity index (χ1v) is 7.27. The van der Waals surface area contributed by atoms with Crippen LogP contribution in [0.1, 0.15) is 45.4 Å². The predicted octanol–water partition coefficient (Wildman–Crippen LogP) is 2.00. The van der Waals surface area contributed by atoms with Crippen LogP contribution >= 0.6 is 0 Å². The fourth-order valence-electron chi connectivity index (χ4n) is 3.51. The Morgan fingerprint density at radius 3 is 2.76 bits per heavy atom. The topological polar surface area (TPSA) is 38.5 Å². The molecule has 0 amide bonds. The van der Waals surface area contributed by atoms with Crippen LogP contribution in [0.15, 0.2) is 0 Å². The Morgan fingerprint density at radius 1 is 1.29 bits per heavy atom. The first kappa shape index (κ1) is 13.3. The monoisotopic (exact) mass is 240 g/mol. The Balaban J connectivity index is 1.91. The van der Waals surface area contributed by atoms with E-state index in [1.54, 1.807) is 0 Å². The third kappa shape index (κ3) is 3.21. The third-order valence-corrected chi connectivity index (χ3v) is 4.68. The zero-order valence-electron chi connectivity index (χ0n) is 11.4. The summed E-state index contributed by atoms with van der Waals surface area (Å²) in [5.74, 6) is 0.898. The van der Waals surface area contributed by atoms with Gasteiger partial charge in [0.15, 0.2) is 0 Å². The summed E-state index contributed by atoms with van der Waals surface area (Å²) in [6.07, 6.45) is 7.69. The van der Waals surface area contributed by atoms with Gasteiger partial charge in [-0.2, -0.15) is 0 Å². The van der Waals surface area contributed by atoms with E-state index in [4.69, 9.17) is 10.5 Å². The number of hydrogen-bond donors (Lipinski definition) is 1. The maximum absolute atomic E-state index is 6.32. The molecule has 2 aliphatic rings. The van der Waals surface area contributed by atoms with E-state index in [1.165, 1.54) is 38.5 Å². The molecular formula is C14H28N2O. The third-order valence-electron chi connectivity index (χ3n) is 4.68. The van der Waals surface area contributed by atoms with Crippen LogP contribution < -0.4 is 5.73 Å². The summed E-state index contributed by atoms with van der Waals surface area (Å²) in [6, 6.07) is 1.55. The zero-order chi connectivity index (χ0) is 12.3. The van der Waals surface area contributed by atoms with Crippen LogP contribution in [0.2, 0.25) is 0 Å². The molecule has 2 rings (SSSR count). The molecule has 2 fully saturated rings. The molecule has 0 radical (unpaired) electrons. The van der Waals surface area contributed by atoms with Crippen LogP contribution in [-0.4, -0.2) is 43.3 Å². The summed E-state index contributed by atoms with van der Waals surface area (Å²) in [5.41, 5.74) is 6.32. The minimum Gasteiger partial charge on any atom is -0.380 e. The molecule has 1 aliphatic carbocycles. The van der Waals surface area contributed by atoms with E-state index >= 15 is 0 Å². The van der Waals surface area contributed by atoms with Crippen LogP contribution in [0.3, 0.4) is 0 Å². The molecule has 0 spiro atoms. The average molecular weight is 240 g/mol. The number of hydrogen-bond acceptors (Lipinski definition) is 3. The maximum Gasteiger partial charge on any atom is 0.0622 e. The van der Waals surface area contributed by atoms with Crippen molar-refractivity contribution < 1.29 is 4.74 Å². The number of likely N-dealkylation sites (N-methyl/N-ethyl adjacent to an activating group) is 1. The molecule has 3 nitrogen and oxygen atoms in total. The predicted molar refractivity (Wildman–Crippen MR) is 71.0 cm³/mol. The summed E-state index contributed by atoms with van der Waals surface area (Å²) < 4.78 is 5.50. The van der Waals surface area contributed by atoms with Gasteiger partial charge in [0.05, 0.1) is 6.61 Å². The molecule has 0 aromatic carbocycles. The molecule has 0 aromatic rings. The van der Waals surface area contributed by atoms with E-state index in [0.717, 1.165) is 19.1 Å². The van der Waals surface area contributed by atoms with E-state index in [0.29, 0.717) is 18.1 Å². The Morgan fingerprint density at radius 2 is 2.12 bits per heavy atom. The molecule has 4 atom stereocenters. The second-order valence-corrected chi connectivity index (χ2v) is 5.88. The maximum atomic E-state index is 6.32. The summed E-state index contributed by atoms with van der Waals surface area (Å²) >= 11 is 0. The lowest BCUT2D eigenvalue weighted by atomic mass is 9.79. The van der Waals surface area contributed by atoms with Gasteiger partial charge < -0.3 is 10.5 Å². The molecule has 1 aliphatic heterocycles.